The van der Waals surface area contributed by atoms with E-state index in [1.54, 1.807) is 7.11 Å². The lowest BCUT2D eigenvalue weighted by Crippen LogP contribution is -2.12. The van der Waals surface area contributed by atoms with Crippen molar-refractivity contribution < 1.29 is 9.47 Å². The zero-order valence-corrected chi connectivity index (χ0v) is 10.2. The van der Waals surface area contributed by atoms with Crippen molar-refractivity contribution in [3.05, 3.63) is 49.1 Å². The van der Waals surface area contributed by atoms with Gasteiger partial charge >= 0.3 is 0 Å². The first-order valence-corrected chi connectivity index (χ1v) is 5.61. The molecule has 0 aliphatic carbocycles. The summed E-state index contributed by atoms with van der Waals surface area (Å²) in [5.74, 6) is 1.52. The van der Waals surface area contributed by atoms with E-state index in [0.717, 1.165) is 24.6 Å². The molecule has 0 atom stereocenters. The number of para-hydroxylation sites is 2. The van der Waals surface area contributed by atoms with E-state index in [9.17, 15) is 0 Å². The predicted octanol–water partition coefficient (Wildman–Crippen LogP) is 2.41. The lowest BCUT2D eigenvalue weighted by Gasteiger charge is -2.08. The predicted molar refractivity (Wildman–Crippen MR) is 70.7 cm³/mol. The summed E-state index contributed by atoms with van der Waals surface area (Å²) in [5.41, 5.74) is 0. The summed E-state index contributed by atoms with van der Waals surface area (Å²) in [4.78, 5) is 0. The van der Waals surface area contributed by atoms with Crippen LogP contribution in [0, 0.1) is 0 Å². The van der Waals surface area contributed by atoms with E-state index in [2.05, 4.69) is 11.9 Å². The molecule has 0 radical (unpaired) electrons. The maximum absolute atomic E-state index is 5.57. The van der Waals surface area contributed by atoms with Crippen molar-refractivity contribution in [1.82, 2.24) is 5.32 Å². The number of rotatable bonds is 8. The maximum Gasteiger partial charge on any atom is 0.161 e. The fourth-order valence-electron chi connectivity index (χ4n) is 1.30. The molecule has 0 aromatic heterocycles. The molecular weight excluding hydrogens is 214 g/mol. The summed E-state index contributed by atoms with van der Waals surface area (Å²) in [7, 11) is 1.64. The second-order valence-electron chi connectivity index (χ2n) is 3.38. The van der Waals surface area contributed by atoms with Crippen LogP contribution in [0.5, 0.6) is 11.5 Å². The molecular formula is C14H19NO2. The Balaban J connectivity index is 2.28. The standard InChI is InChI=1S/C14H19NO2/c1-3-10-15-11-6-7-12-17-14-9-5-4-8-13(14)16-2/h3-9,15H,1,10-12H2,2H3/b7-6+. The summed E-state index contributed by atoms with van der Waals surface area (Å²) >= 11 is 0. The third-order valence-electron chi connectivity index (χ3n) is 2.12. The number of ether oxygens (including phenoxy) is 2. The number of hydrogen-bond acceptors (Lipinski definition) is 3. The quantitative estimate of drug-likeness (QED) is 0.552. The topological polar surface area (TPSA) is 30.5 Å². The Kier molecular flexibility index (Phi) is 6.60. The van der Waals surface area contributed by atoms with E-state index in [-0.39, 0.29) is 0 Å². The molecule has 1 rings (SSSR count). The lowest BCUT2D eigenvalue weighted by atomic mass is 10.3. The molecule has 3 heteroatoms. The average molecular weight is 233 g/mol. The van der Waals surface area contributed by atoms with Gasteiger partial charge in [0.1, 0.15) is 6.61 Å². The van der Waals surface area contributed by atoms with E-state index >= 15 is 0 Å². The van der Waals surface area contributed by atoms with Crippen molar-refractivity contribution in [3.8, 4) is 11.5 Å². The fourth-order valence-corrected chi connectivity index (χ4v) is 1.30. The summed E-state index contributed by atoms with van der Waals surface area (Å²) in [6.45, 7) is 5.80. The van der Waals surface area contributed by atoms with Gasteiger partial charge in [0.2, 0.25) is 0 Å². The fraction of sp³-hybridized carbons (Fsp3) is 0.286. The first-order valence-electron chi connectivity index (χ1n) is 5.61. The first kappa shape index (κ1) is 13.3. The zero-order chi connectivity index (χ0) is 12.3. The molecule has 92 valence electrons. The van der Waals surface area contributed by atoms with Crippen LogP contribution in [0.25, 0.3) is 0 Å². The molecule has 0 heterocycles. The van der Waals surface area contributed by atoms with Gasteiger partial charge in [-0.15, -0.1) is 6.58 Å². The SMILES string of the molecule is C=CCNC/C=C/COc1ccccc1OC. The molecule has 3 nitrogen and oxygen atoms in total. The van der Waals surface area contributed by atoms with Crippen LogP contribution in [-0.2, 0) is 0 Å². The Bertz CT molecular complexity index is 361. The highest BCUT2D eigenvalue weighted by Crippen LogP contribution is 2.25. The van der Waals surface area contributed by atoms with Crippen molar-refractivity contribution in [2.75, 3.05) is 26.8 Å². The maximum atomic E-state index is 5.57. The molecule has 1 N–H and O–H groups in total. The lowest BCUT2D eigenvalue weighted by molar-refractivity contribution is 0.326. The Morgan fingerprint density at radius 3 is 2.65 bits per heavy atom. The van der Waals surface area contributed by atoms with Gasteiger partial charge in [0.15, 0.2) is 11.5 Å². The zero-order valence-electron chi connectivity index (χ0n) is 10.2. The Morgan fingerprint density at radius 1 is 1.18 bits per heavy atom. The molecule has 0 fully saturated rings. The minimum Gasteiger partial charge on any atom is -0.493 e. The smallest absolute Gasteiger partial charge is 0.161 e. The molecule has 0 amide bonds. The highest BCUT2D eigenvalue weighted by atomic mass is 16.5. The van der Waals surface area contributed by atoms with Crippen molar-refractivity contribution in [2.24, 2.45) is 0 Å². The van der Waals surface area contributed by atoms with Gasteiger partial charge in [-0.25, -0.2) is 0 Å². The highest BCUT2D eigenvalue weighted by Gasteiger charge is 1.99. The van der Waals surface area contributed by atoms with Gasteiger partial charge in [0.05, 0.1) is 7.11 Å². The molecule has 17 heavy (non-hydrogen) atoms. The Hall–Kier alpha value is -1.74. The van der Waals surface area contributed by atoms with Crippen molar-refractivity contribution in [2.45, 2.75) is 0 Å². The average Bonchev–Trinajstić information content (AvgIpc) is 2.38. The van der Waals surface area contributed by atoms with E-state index in [1.807, 2.05) is 42.5 Å². The van der Waals surface area contributed by atoms with Gasteiger partial charge < -0.3 is 14.8 Å². The van der Waals surface area contributed by atoms with Crippen LogP contribution in [0.2, 0.25) is 0 Å². The summed E-state index contributed by atoms with van der Waals surface area (Å²) in [6, 6.07) is 7.61. The Labute approximate surface area is 103 Å². The molecule has 0 bridgehead atoms. The summed E-state index contributed by atoms with van der Waals surface area (Å²) in [6.07, 6.45) is 5.83. The first-order chi connectivity index (χ1) is 8.38. The van der Waals surface area contributed by atoms with Gasteiger partial charge in [-0.1, -0.05) is 30.4 Å². The van der Waals surface area contributed by atoms with Crippen LogP contribution in [0.3, 0.4) is 0 Å². The van der Waals surface area contributed by atoms with Crippen LogP contribution in [0.4, 0.5) is 0 Å². The number of nitrogens with one attached hydrogen (secondary N) is 1. The molecule has 0 unspecified atom stereocenters. The molecule has 0 saturated heterocycles. The van der Waals surface area contributed by atoms with Crippen LogP contribution in [-0.4, -0.2) is 26.8 Å². The molecule has 1 aromatic rings. The van der Waals surface area contributed by atoms with Crippen molar-refractivity contribution in [3.63, 3.8) is 0 Å². The molecule has 0 spiro atoms. The van der Waals surface area contributed by atoms with Crippen LogP contribution >= 0.6 is 0 Å². The van der Waals surface area contributed by atoms with Crippen LogP contribution in [0.15, 0.2) is 49.1 Å². The number of methoxy groups -OCH3 is 1. The molecule has 0 aliphatic heterocycles. The van der Waals surface area contributed by atoms with Gasteiger partial charge in [0, 0.05) is 13.1 Å². The number of benzene rings is 1. The van der Waals surface area contributed by atoms with Gasteiger partial charge in [-0.2, -0.15) is 0 Å². The third kappa shape index (κ3) is 5.22. The second-order valence-corrected chi connectivity index (χ2v) is 3.38. The van der Waals surface area contributed by atoms with Crippen molar-refractivity contribution in [1.29, 1.82) is 0 Å². The van der Waals surface area contributed by atoms with Crippen LogP contribution in [0.1, 0.15) is 0 Å². The van der Waals surface area contributed by atoms with Gasteiger partial charge in [0.25, 0.3) is 0 Å². The van der Waals surface area contributed by atoms with Crippen LogP contribution < -0.4 is 14.8 Å². The third-order valence-corrected chi connectivity index (χ3v) is 2.12. The molecule has 0 saturated carbocycles. The molecule has 0 aliphatic rings. The Morgan fingerprint density at radius 2 is 1.94 bits per heavy atom. The monoisotopic (exact) mass is 233 g/mol. The minimum absolute atomic E-state index is 0.538. The minimum atomic E-state index is 0.538. The van der Waals surface area contributed by atoms with E-state index in [0.29, 0.717) is 6.61 Å². The number of hydrogen-bond donors (Lipinski definition) is 1. The highest BCUT2D eigenvalue weighted by molar-refractivity contribution is 5.39. The summed E-state index contributed by atoms with van der Waals surface area (Å²) in [5, 5.41) is 3.17. The second kappa shape index (κ2) is 8.42. The largest absolute Gasteiger partial charge is 0.493 e. The van der Waals surface area contributed by atoms with Gasteiger partial charge in [-0.05, 0) is 12.1 Å². The molecule has 1 aromatic carbocycles. The van der Waals surface area contributed by atoms with E-state index in [4.69, 9.17) is 9.47 Å². The van der Waals surface area contributed by atoms with Gasteiger partial charge in [-0.3, -0.25) is 0 Å². The summed E-state index contributed by atoms with van der Waals surface area (Å²) < 4.78 is 10.8. The van der Waals surface area contributed by atoms with E-state index < -0.39 is 0 Å². The van der Waals surface area contributed by atoms with E-state index in [1.165, 1.54) is 0 Å². The normalized spacial score (nSPS) is 10.4. The van der Waals surface area contributed by atoms with Crippen molar-refractivity contribution >= 4 is 0 Å².